The molecule has 0 fully saturated rings. The van der Waals surface area contributed by atoms with Gasteiger partial charge in [-0.1, -0.05) is 19.1 Å². The average molecular weight is 499 g/mol. The summed E-state index contributed by atoms with van der Waals surface area (Å²) in [5, 5.41) is 8.60. The first-order valence-corrected chi connectivity index (χ1v) is 12.5. The number of rotatable bonds is 16. The third kappa shape index (κ3) is 10.9. The van der Waals surface area contributed by atoms with Crippen molar-refractivity contribution in [3.05, 3.63) is 11.9 Å². The van der Waals surface area contributed by atoms with Gasteiger partial charge in [0.1, 0.15) is 17.6 Å². The van der Waals surface area contributed by atoms with Gasteiger partial charge in [-0.05, 0) is 60.8 Å². The van der Waals surface area contributed by atoms with Gasteiger partial charge in [-0.25, -0.2) is 0 Å². The molecule has 0 spiro atoms. The molecule has 0 aliphatic carbocycles. The second kappa shape index (κ2) is 12.5. The number of carbonyl (C=O) groups excluding carboxylic acids is 2. The van der Waals surface area contributed by atoms with E-state index in [4.69, 9.17) is 9.47 Å². The van der Waals surface area contributed by atoms with Crippen LogP contribution in [-0.4, -0.2) is 68.2 Å². The summed E-state index contributed by atoms with van der Waals surface area (Å²) < 4.78 is 14.0. The predicted octanol–water partition coefficient (Wildman–Crippen LogP) is 4.42. The van der Waals surface area contributed by atoms with Crippen LogP contribution in [0.3, 0.4) is 0 Å². The molecule has 0 aliphatic rings. The highest BCUT2D eigenvalue weighted by atomic mass is 32.1. The summed E-state index contributed by atoms with van der Waals surface area (Å²) in [5.74, 6) is -0.0282. The van der Waals surface area contributed by atoms with Crippen LogP contribution in [0.1, 0.15) is 93.2 Å². The molecule has 0 saturated heterocycles. The molecule has 0 aliphatic heterocycles. The van der Waals surface area contributed by atoms with Crippen molar-refractivity contribution in [1.29, 1.82) is 0 Å². The fourth-order valence-corrected chi connectivity index (χ4v) is 3.29. The standard InChI is InChI=1S/C25H46N4O4S/c1-22(2,28(9)21(31)11-10-16-30)13-17-32-23(3,4)12-15-29-19-20(26-27-29)25(7,8)33-18-14-24(5,6)34/h16,19,34H,10-15,17-18H2,1-9H3. The summed E-state index contributed by atoms with van der Waals surface area (Å²) in [5.41, 5.74) is -0.437. The van der Waals surface area contributed by atoms with Gasteiger partial charge in [0.15, 0.2) is 0 Å². The number of aryl methyl sites for hydroxylation is 1. The number of hydrogen-bond acceptors (Lipinski definition) is 7. The number of carbonyl (C=O) groups is 2. The number of nitrogens with zero attached hydrogens (tertiary/aromatic N) is 4. The lowest BCUT2D eigenvalue weighted by Crippen LogP contribution is -2.46. The number of aromatic nitrogens is 3. The van der Waals surface area contributed by atoms with Crippen LogP contribution in [0, 0.1) is 0 Å². The zero-order valence-electron chi connectivity index (χ0n) is 22.7. The number of thiol groups is 1. The molecule has 8 nitrogen and oxygen atoms in total. The largest absolute Gasteiger partial charge is 0.375 e. The number of hydrogen-bond donors (Lipinski definition) is 1. The van der Waals surface area contributed by atoms with Crippen LogP contribution >= 0.6 is 12.6 Å². The van der Waals surface area contributed by atoms with Gasteiger partial charge in [-0.2, -0.15) is 12.6 Å². The maximum atomic E-state index is 12.2. The molecule has 0 atom stereocenters. The first-order chi connectivity index (χ1) is 15.5. The lowest BCUT2D eigenvalue weighted by molar-refractivity contribution is -0.136. The van der Waals surface area contributed by atoms with Crippen LogP contribution in [-0.2, 0) is 31.2 Å². The third-order valence-corrected chi connectivity index (χ3v) is 6.46. The minimum absolute atomic E-state index is 0.0282. The SMILES string of the molecule is CN(C(=O)CCC=O)C(C)(C)CCOC(C)(C)CCn1cc(C(C)(C)OCCC(C)(C)S)nn1. The lowest BCUT2D eigenvalue weighted by Gasteiger charge is -2.37. The van der Waals surface area contributed by atoms with Gasteiger partial charge in [0.05, 0.1) is 11.8 Å². The summed E-state index contributed by atoms with van der Waals surface area (Å²) in [6, 6.07) is 0. The van der Waals surface area contributed by atoms with Gasteiger partial charge in [0.25, 0.3) is 0 Å². The summed E-state index contributed by atoms with van der Waals surface area (Å²) in [4.78, 5) is 24.5. The average Bonchev–Trinajstić information content (AvgIpc) is 3.18. The predicted molar refractivity (Wildman–Crippen MR) is 138 cm³/mol. The van der Waals surface area contributed by atoms with Crippen molar-refractivity contribution in [3.8, 4) is 0 Å². The normalized spacial score (nSPS) is 13.2. The summed E-state index contributed by atoms with van der Waals surface area (Å²) in [6.45, 7) is 18.1. The van der Waals surface area contributed by atoms with Gasteiger partial charge in [0, 0.05) is 49.9 Å². The maximum Gasteiger partial charge on any atom is 0.223 e. The number of aldehydes is 1. The molecule has 1 aromatic heterocycles. The Morgan fingerprint density at radius 2 is 1.68 bits per heavy atom. The molecule has 1 heterocycles. The molecule has 0 aromatic carbocycles. The van der Waals surface area contributed by atoms with Crippen LogP contribution in [0.2, 0.25) is 0 Å². The summed E-state index contributed by atoms with van der Waals surface area (Å²) in [6.07, 6.45) is 5.51. The molecule has 0 saturated carbocycles. The zero-order valence-corrected chi connectivity index (χ0v) is 23.6. The van der Waals surface area contributed by atoms with Crippen molar-refractivity contribution < 1.29 is 19.1 Å². The van der Waals surface area contributed by atoms with E-state index in [9.17, 15) is 9.59 Å². The van der Waals surface area contributed by atoms with Gasteiger partial charge < -0.3 is 19.2 Å². The van der Waals surface area contributed by atoms with Crippen LogP contribution in [0.25, 0.3) is 0 Å². The van der Waals surface area contributed by atoms with E-state index in [0.29, 0.717) is 26.2 Å². The molecule has 0 bridgehead atoms. The second-order valence-corrected chi connectivity index (χ2v) is 12.6. The van der Waals surface area contributed by atoms with Gasteiger partial charge in [-0.15, -0.1) is 5.10 Å². The van der Waals surface area contributed by atoms with Crippen molar-refractivity contribution in [2.75, 3.05) is 20.3 Å². The molecule has 1 amide bonds. The van der Waals surface area contributed by atoms with Crippen LogP contribution in [0.4, 0.5) is 0 Å². The highest BCUT2D eigenvalue weighted by Gasteiger charge is 2.29. The number of amides is 1. The molecular weight excluding hydrogens is 452 g/mol. The Bertz CT molecular complexity index is 784. The minimum Gasteiger partial charge on any atom is -0.375 e. The Morgan fingerprint density at radius 1 is 1.06 bits per heavy atom. The molecule has 34 heavy (non-hydrogen) atoms. The molecule has 1 rings (SSSR count). The maximum absolute atomic E-state index is 12.2. The Kier molecular flexibility index (Phi) is 11.2. The smallest absolute Gasteiger partial charge is 0.223 e. The second-order valence-electron chi connectivity index (χ2n) is 11.4. The van der Waals surface area contributed by atoms with E-state index in [2.05, 4.69) is 50.6 Å². The Morgan fingerprint density at radius 3 is 2.26 bits per heavy atom. The molecule has 0 radical (unpaired) electrons. The van der Waals surface area contributed by atoms with Crippen LogP contribution < -0.4 is 0 Å². The lowest BCUT2D eigenvalue weighted by atomic mass is 9.98. The van der Waals surface area contributed by atoms with Gasteiger partial charge in [0.2, 0.25) is 5.91 Å². The van der Waals surface area contributed by atoms with Crippen molar-refractivity contribution in [2.24, 2.45) is 0 Å². The topological polar surface area (TPSA) is 86.5 Å². The van der Waals surface area contributed by atoms with Crippen LogP contribution in [0.15, 0.2) is 6.20 Å². The Balaban J connectivity index is 2.53. The van der Waals surface area contributed by atoms with E-state index in [1.807, 2.05) is 38.6 Å². The Labute approximate surface area is 211 Å². The van der Waals surface area contributed by atoms with Gasteiger partial charge in [-0.3, -0.25) is 9.48 Å². The van der Waals surface area contributed by atoms with Gasteiger partial charge >= 0.3 is 0 Å². The van der Waals surface area contributed by atoms with E-state index < -0.39 is 5.60 Å². The van der Waals surface area contributed by atoms with E-state index in [-0.39, 0.29) is 34.6 Å². The van der Waals surface area contributed by atoms with Crippen LogP contribution in [0.5, 0.6) is 0 Å². The fraction of sp³-hybridized carbons (Fsp3) is 0.840. The van der Waals surface area contributed by atoms with Crippen molar-refractivity contribution in [3.63, 3.8) is 0 Å². The summed E-state index contributed by atoms with van der Waals surface area (Å²) >= 11 is 4.55. The minimum atomic E-state index is -0.524. The monoisotopic (exact) mass is 498 g/mol. The molecular formula is C25H46N4O4S. The van der Waals surface area contributed by atoms with Crippen molar-refractivity contribution >= 4 is 24.8 Å². The molecule has 9 heteroatoms. The van der Waals surface area contributed by atoms with E-state index in [1.54, 1.807) is 11.9 Å². The molecule has 0 unspecified atom stereocenters. The van der Waals surface area contributed by atoms with E-state index in [1.165, 1.54) is 0 Å². The molecule has 196 valence electrons. The highest BCUT2D eigenvalue weighted by Crippen LogP contribution is 2.26. The first kappa shape index (κ1) is 30.6. The van der Waals surface area contributed by atoms with E-state index >= 15 is 0 Å². The van der Waals surface area contributed by atoms with Crippen molar-refractivity contribution in [2.45, 2.75) is 116 Å². The fourth-order valence-electron chi connectivity index (χ4n) is 3.20. The molecule has 1 aromatic rings. The first-order valence-electron chi connectivity index (χ1n) is 12.1. The number of ether oxygens (including phenoxy) is 2. The highest BCUT2D eigenvalue weighted by molar-refractivity contribution is 7.81. The zero-order chi connectivity index (χ0) is 26.2. The Hall–Kier alpha value is -1.45. The molecule has 0 N–H and O–H groups in total. The van der Waals surface area contributed by atoms with E-state index in [0.717, 1.165) is 24.8 Å². The quantitative estimate of drug-likeness (QED) is 0.268. The van der Waals surface area contributed by atoms with Crippen molar-refractivity contribution in [1.82, 2.24) is 19.9 Å². The third-order valence-electron chi connectivity index (χ3n) is 6.24. The summed E-state index contributed by atoms with van der Waals surface area (Å²) in [7, 11) is 1.78.